The van der Waals surface area contributed by atoms with E-state index < -0.39 is 0 Å². The third kappa shape index (κ3) is 3.59. The van der Waals surface area contributed by atoms with Gasteiger partial charge in [-0.3, -0.25) is 4.79 Å². The van der Waals surface area contributed by atoms with Crippen LogP contribution in [0.3, 0.4) is 0 Å². The van der Waals surface area contributed by atoms with Gasteiger partial charge in [-0.1, -0.05) is 13.0 Å². The molecule has 0 radical (unpaired) electrons. The second-order valence-electron chi connectivity index (χ2n) is 3.58. The highest BCUT2D eigenvalue weighted by Crippen LogP contribution is 2.24. The molecule has 0 N–H and O–H groups in total. The summed E-state index contributed by atoms with van der Waals surface area (Å²) in [5.74, 6) is -0.604. The maximum Gasteiger partial charge on any atom is 0.306 e. The number of benzene rings is 1. The fraction of sp³-hybridized carbons (Fsp3) is 0.417. The van der Waals surface area contributed by atoms with Gasteiger partial charge < -0.3 is 4.74 Å². The summed E-state index contributed by atoms with van der Waals surface area (Å²) >= 11 is 3.09. The first-order chi connectivity index (χ1) is 7.54. The average molecular weight is 289 g/mol. The van der Waals surface area contributed by atoms with Crippen LogP contribution in [-0.2, 0) is 9.53 Å². The molecular formula is C12H14BrFO2. The average Bonchev–Trinajstić information content (AvgIpc) is 2.22. The van der Waals surface area contributed by atoms with Gasteiger partial charge in [-0.25, -0.2) is 4.39 Å². The summed E-state index contributed by atoms with van der Waals surface area (Å²) in [5, 5.41) is 0. The molecule has 1 aromatic rings. The molecule has 0 saturated carbocycles. The molecule has 0 aromatic heterocycles. The highest BCUT2D eigenvalue weighted by Gasteiger charge is 2.13. The van der Waals surface area contributed by atoms with Crippen LogP contribution in [0.25, 0.3) is 0 Å². The molecule has 0 spiro atoms. The molecule has 1 rings (SSSR count). The third-order valence-corrected chi connectivity index (χ3v) is 2.93. The van der Waals surface area contributed by atoms with Gasteiger partial charge in [-0.05, 0) is 46.5 Å². The fourth-order valence-corrected chi connectivity index (χ4v) is 1.65. The van der Waals surface area contributed by atoms with Crippen LogP contribution >= 0.6 is 15.9 Å². The Bertz CT molecular complexity index is 379. The largest absolute Gasteiger partial charge is 0.466 e. The van der Waals surface area contributed by atoms with Crippen molar-refractivity contribution in [3.63, 3.8) is 0 Å². The van der Waals surface area contributed by atoms with E-state index >= 15 is 0 Å². The number of hydrogen-bond acceptors (Lipinski definition) is 2. The quantitative estimate of drug-likeness (QED) is 0.791. The lowest BCUT2D eigenvalue weighted by atomic mass is 9.98. The van der Waals surface area contributed by atoms with E-state index in [-0.39, 0.29) is 24.1 Å². The zero-order valence-electron chi connectivity index (χ0n) is 9.30. The molecular weight excluding hydrogens is 275 g/mol. The maximum absolute atomic E-state index is 13.3. The highest BCUT2D eigenvalue weighted by atomic mass is 79.9. The Kier molecular flexibility index (Phi) is 4.93. The molecule has 16 heavy (non-hydrogen) atoms. The summed E-state index contributed by atoms with van der Waals surface area (Å²) in [7, 11) is 0. The van der Waals surface area contributed by atoms with Gasteiger partial charge in [0.2, 0.25) is 0 Å². The van der Waals surface area contributed by atoms with E-state index in [1.165, 1.54) is 6.07 Å². The highest BCUT2D eigenvalue weighted by molar-refractivity contribution is 9.10. The van der Waals surface area contributed by atoms with E-state index in [2.05, 4.69) is 15.9 Å². The molecule has 4 heteroatoms. The van der Waals surface area contributed by atoms with Crippen molar-refractivity contribution in [2.45, 2.75) is 26.2 Å². The van der Waals surface area contributed by atoms with Gasteiger partial charge in [0.25, 0.3) is 0 Å². The van der Waals surface area contributed by atoms with E-state index in [1.54, 1.807) is 19.1 Å². The number of rotatable bonds is 4. The molecule has 0 amide bonds. The van der Waals surface area contributed by atoms with E-state index in [1.807, 2.05) is 6.92 Å². The fourth-order valence-electron chi connectivity index (χ4n) is 1.41. The Balaban J connectivity index is 2.69. The van der Waals surface area contributed by atoms with Crippen molar-refractivity contribution in [1.29, 1.82) is 0 Å². The lowest BCUT2D eigenvalue weighted by Gasteiger charge is -2.11. The smallest absolute Gasteiger partial charge is 0.306 e. The van der Waals surface area contributed by atoms with Crippen LogP contribution in [-0.4, -0.2) is 12.6 Å². The molecule has 0 heterocycles. The minimum absolute atomic E-state index is 0.0401. The Morgan fingerprint density at radius 2 is 2.25 bits per heavy atom. The number of esters is 1. The van der Waals surface area contributed by atoms with Crippen LogP contribution in [0.5, 0.6) is 0 Å². The molecule has 0 bridgehead atoms. The topological polar surface area (TPSA) is 26.3 Å². The molecule has 0 aliphatic carbocycles. The van der Waals surface area contributed by atoms with Crippen LogP contribution in [0.15, 0.2) is 22.7 Å². The van der Waals surface area contributed by atoms with Gasteiger partial charge in [0.15, 0.2) is 0 Å². The van der Waals surface area contributed by atoms with Crippen molar-refractivity contribution in [1.82, 2.24) is 0 Å². The molecule has 1 unspecified atom stereocenters. The lowest BCUT2D eigenvalue weighted by molar-refractivity contribution is -0.143. The molecule has 0 aliphatic heterocycles. The maximum atomic E-state index is 13.3. The summed E-state index contributed by atoms with van der Waals surface area (Å²) < 4.78 is 18.5. The summed E-state index contributed by atoms with van der Waals surface area (Å²) in [4.78, 5) is 11.3. The summed E-state index contributed by atoms with van der Waals surface area (Å²) in [6.45, 7) is 4.02. The Hall–Kier alpha value is -0.900. The van der Waals surface area contributed by atoms with Gasteiger partial charge >= 0.3 is 5.97 Å². The van der Waals surface area contributed by atoms with Gasteiger partial charge in [-0.2, -0.15) is 0 Å². The van der Waals surface area contributed by atoms with Crippen LogP contribution in [0.2, 0.25) is 0 Å². The minimum atomic E-state index is -0.312. The standard InChI is InChI=1S/C12H14BrFO2/c1-3-16-12(15)6-8(2)9-4-5-10(13)11(14)7-9/h4-5,7-8H,3,6H2,1-2H3. The number of carbonyl (C=O) groups is 1. The van der Waals surface area contributed by atoms with E-state index in [0.717, 1.165) is 5.56 Å². The van der Waals surface area contributed by atoms with E-state index in [9.17, 15) is 9.18 Å². The first kappa shape index (κ1) is 13.2. The molecule has 1 aromatic carbocycles. The monoisotopic (exact) mass is 288 g/mol. The molecule has 0 fully saturated rings. The predicted octanol–water partition coefficient (Wildman–Crippen LogP) is 3.64. The SMILES string of the molecule is CCOC(=O)CC(C)c1ccc(Br)c(F)c1. The van der Waals surface area contributed by atoms with Gasteiger partial charge in [0, 0.05) is 0 Å². The number of carbonyl (C=O) groups excluding carboxylic acids is 1. The van der Waals surface area contributed by atoms with E-state index in [4.69, 9.17) is 4.74 Å². The van der Waals surface area contributed by atoms with Crippen molar-refractivity contribution in [3.05, 3.63) is 34.1 Å². The summed E-state index contributed by atoms with van der Waals surface area (Å²) in [6.07, 6.45) is 0.273. The summed E-state index contributed by atoms with van der Waals surface area (Å²) in [5.41, 5.74) is 0.800. The first-order valence-electron chi connectivity index (χ1n) is 5.15. The second kappa shape index (κ2) is 5.99. The number of ether oxygens (including phenoxy) is 1. The minimum Gasteiger partial charge on any atom is -0.466 e. The van der Waals surface area contributed by atoms with Crippen LogP contribution in [0, 0.1) is 5.82 Å². The van der Waals surface area contributed by atoms with Gasteiger partial charge in [-0.15, -0.1) is 0 Å². The zero-order chi connectivity index (χ0) is 12.1. The van der Waals surface area contributed by atoms with Crippen LogP contribution in [0.1, 0.15) is 31.7 Å². The third-order valence-electron chi connectivity index (χ3n) is 2.29. The first-order valence-corrected chi connectivity index (χ1v) is 5.94. The molecule has 88 valence electrons. The van der Waals surface area contributed by atoms with Crippen molar-refractivity contribution < 1.29 is 13.9 Å². The molecule has 2 nitrogen and oxygen atoms in total. The van der Waals surface area contributed by atoms with Crippen LogP contribution < -0.4 is 0 Å². The molecule has 0 saturated heterocycles. The van der Waals surface area contributed by atoms with Crippen LogP contribution in [0.4, 0.5) is 4.39 Å². The van der Waals surface area contributed by atoms with Crippen molar-refractivity contribution >= 4 is 21.9 Å². The number of hydrogen-bond donors (Lipinski definition) is 0. The molecule has 1 atom stereocenters. The normalized spacial score (nSPS) is 12.2. The van der Waals surface area contributed by atoms with Crippen molar-refractivity contribution in [3.8, 4) is 0 Å². The van der Waals surface area contributed by atoms with Crippen molar-refractivity contribution in [2.24, 2.45) is 0 Å². The molecule has 0 aliphatic rings. The number of halogens is 2. The Morgan fingerprint density at radius 1 is 1.56 bits per heavy atom. The lowest BCUT2D eigenvalue weighted by Crippen LogP contribution is -2.08. The predicted molar refractivity (Wildman–Crippen MR) is 63.8 cm³/mol. The van der Waals surface area contributed by atoms with Crippen molar-refractivity contribution in [2.75, 3.05) is 6.61 Å². The van der Waals surface area contributed by atoms with E-state index in [0.29, 0.717) is 11.1 Å². The second-order valence-corrected chi connectivity index (χ2v) is 4.44. The zero-order valence-corrected chi connectivity index (χ0v) is 10.9. The summed E-state index contributed by atoms with van der Waals surface area (Å²) in [6, 6.07) is 4.89. The Labute approximate surface area is 103 Å². The van der Waals surface area contributed by atoms with Gasteiger partial charge in [0.05, 0.1) is 17.5 Å². The van der Waals surface area contributed by atoms with Gasteiger partial charge in [0.1, 0.15) is 5.82 Å². The Morgan fingerprint density at radius 3 is 2.81 bits per heavy atom.